The fourth-order valence-electron chi connectivity index (χ4n) is 6.95. The Kier molecular flexibility index (Phi) is 14.5. The molecule has 264 valence electrons. The highest BCUT2D eigenvalue weighted by Crippen LogP contribution is 2.29. The van der Waals surface area contributed by atoms with E-state index in [0.717, 1.165) is 70.6 Å². The van der Waals surface area contributed by atoms with Gasteiger partial charge in [-0.05, 0) is 77.0 Å². The van der Waals surface area contributed by atoms with Crippen LogP contribution < -0.4 is 20.7 Å². The minimum absolute atomic E-state index is 0.101. The molecule has 0 aromatic heterocycles. The first-order valence-corrected chi connectivity index (χ1v) is 18.1. The van der Waals surface area contributed by atoms with E-state index in [4.69, 9.17) is 9.47 Å². The number of anilines is 1. The SMILES string of the molecule is C[C@@H]1CCCCO[C@H](CN(C)C(=O)NC2CCCCC2)[C@@H](C)CN([C@H](C)CO)C(=O)c2cc(NC(=O)NC3CCCCC3)ccc2O1. The molecule has 5 amide bonds. The molecular weight excluding hydrogens is 598 g/mol. The summed E-state index contributed by atoms with van der Waals surface area (Å²) in [5.41, 5.74) is 0.831. The maximum atomic E-state index is 14.4. The van der Waals surface area contributed by atoms with E-state index >= 15 is 0 Å². The zero-order chi connectivity index (χ0) is 33.8. The molecule has 1 aliphatic heterocycles. The molecule has 1 aromatic rings. The number of benzene rings is 1. The van der Waals surface area contributed by atoms with Crippen LogP contribution in [0.25, 0.3) is 0 Å². The van der Waals surface area contributed by atoms with E-state index in [9.17, 15) is 19.5 Å². The number of aliphatic hydroxyl groups excluding tert-OH is 1. The minimum atomic E-state index is -0.484. The summed E-state index contributed by atoms with van der Waals surface area (Å²) in [6.45, 7) is 6.84. The molecule has 4 atom stereocenters. The number of urea groups is 2. The molecule has 11 heteroatoms. The predicted octanol–water partition coefficient (Wildman–Crippen LogP) is 5.91. The number of hydrogen-bond acceptors (Lipinski definition) is 6. The average Bonchev–Trinajstić information content (AvgIpc) is 3.06. The van der Waals surface area contributed by atoms with Crippen molar-refractivity contribution in [2.45, 2.75) is 135 Å². The lowest BCUT2D eigenvalue weighted by Crippen LogP contribution is -2.50. The monoisotopic (exact) mass is 657 g/mol. The van der Waals surface area contributed by atoms with Crippen LogP contribution >= 0.6 is 0 Å². The van der Waals surface area contributed by atoms with E-state index in [0.29, 0.717) is 36.7 Å². The highest BCUT2D eigenvalue weighted by atomic mass is 16.5. The first-order valence-electron chi connectivity index (χ1n) is 18.1. The van der Waals surface area contributed by atoms with Gasteiger partial charge in [-0.1, -0.05) is 45.4 Å². The molecule has 11 nitrogen and oxygen atoms in total. The number of carbonyl (C=O) groups is 3. The molecule has 1 aromatic carbocycles. The third-order valence-electron chi connectivity index (χ3n) is 9.98. The van der Waals surface area contributed by atoms with E-state index < -0.39 is 6.04 Å². The molecule has 47 heavy (non-hydrogen) atoms. The van der Waals surface area contributed by atoms with Crippen molar-refractivity contribution in [3.05, 3.63) is 23.8 Å². The van der Waals surface area contributed by atoms with Gasteiger partial charge < -0.3 is 40.3 Å². The van der Waals surface area contributed by atoms with Gasteiger partial charge in [0.05, 0.1) is 30.4 Å². The van der Waals surface area contributed by atoms with Gasteiger partial charge in [-0.2, -0.15) is 0 Å². The fourth-order valence-corrected chi connectivity index (χ4v) is 6.95. The Morgan fingerprint density at radius 2 is 1.60 bits per heavy atom. The van der Waals surface area contributed by atoms with Crippen LogP contribution in [0, 0.1) is 5.92 Å². The Bertz CT molecular complexity index is 1150. The van der Waals surface area contributed by atoms with Crippen molar-refractivity contribution >= 4 is 23.7 Å². The Hall–Kier alpha value is -3.05. The zero-order valence-corrected chi connectivity index (χ0v) is 29.1. The second kappa shape index (κ2) is 18.5. The van der Waals surface area contributed by atoms with Gasteiger partial charge in [0.1, 0.15) is 5.75 Å². The van der Waals surface area contributed by atoms with Crippen molar-refractivity contribution in [3.8, 4) is 5.75 Å². The second-order valence-electron chi connectivity index (χ2n) is 14.1. The quantitative estimate of drug-likeness (QED) is 0.288. The van der Waals surface area contributed by atoms with Crippen LogP contribution in [-0.4, -0.2) is 96.6 Å². The van der Waals surface area contributed by atoms with Crippen LogP contribution in [0.4, 0.5) is 15.3 Å². The molecular formula is C36H59N5O6. The number of carbonyl (C=O) groups excluding carboxylic acids is 3. The number of likely N-dealkylation sites (N-methyl/N-ethyl adjacent to an activating group) is 1. The van der Waals surface area contributed by atoms with E-state index in [1.54, 1.807) is 35.0 Å². The molecule has 2 saturated carbocycles. The minimum Gasteiger partial charge on any atom is -0.490 e. The van der Waals surface area contributed by atoms with Crippen molar-refractivity contribution in [2.24, 2.45) is 5.92 Å². The normalized spacial score (nSPS) is 24.7. The molecule has 4 N–H and O–H groups in total. The van der Waals surface area contributed by atoms with Crippen molar-refractivity contribution in [3.63, 3.8) is 0 Å². The van der Waals surface area contributed by atoms with Gasteiger partial charge in [0.2, 0.25) is 0 Å². The largest absolute Gasteiger partial charge is 0.490 e. The summed E-state index contributed by atoms with van der Waals surface area (Å²) in [6.07, 6.45) is 12.9. The summed E-state index contributed by atoms with van der Waals surface area (Å²) in [4.78, 5) is 43.7. The van der Waals surface area contributed by atoms with Gasteiger partial charge in [0.25, 0.3) is 5.91 Å². The van der Waals surface area contributed by atoms with E-state index in [2.05, 4.69) is 16.0 Å². The van der Waals surface area contributed by atoms with Crippen molar-refractivity contribution in [1.29, 1.82) is 0 Å². The Balaban J connectivity index is 1.54. The Morgan fingerprint density at radius 3 is 2.26 bits per heavy atom. The molecule has 0 spiro atoms. The number of ether oxygens (including phenoxy) is 2. The molecule has 2 aliphatic carbocycles. The lowest BCUT2D eigenvalue weighted by molar-refractivity contribution is -0.0123. The van der Waals surface area contributed by atoms with E-state index in [-0.39, 0.29) is 54.8 Å². The lowest BCUT2D eigenvalue weighted by Gasteiger charge is -2.36. The number of aliphatic hydroxyl groups is 1. The van der Waals surface area contributed by atoms with Crippen LogP contribution in [-0.2, 0) is 4.74 Å². The zero-order valence-electron chi connectivity index (χ0n) is 29.1. The van der Waals surface area contributed by atoms with Gasteiger partial charge >= 0.3 is 12.1 Å². The van der Waals surface area contributed by atoms with Gasteiger partial charge in [0, 0.05) is 50.4 Å². The van der Waals surface area contributed by atoms with Gasteiger partial charge in [-0.25, -0.2) is 9.59 Å². The van der Waals surface area contributed by atoms with Gasteiger partial charge in [0.15, 0.2) is 0 Å². The maximum Gasteiger partial charge on any atom is 0.319 e. The molecule has 0 saturated heterocycles. The molecule has 0 bridgehead atoms. The smallest absolute Gasteiger partial charge is 0.319 e. The summed E-state index contributed by atoms with van der Waals surface area (Å²) in [5.74, 6) is 0.00958. The standard InChI is InChI=1S/C36H59N5O6/c1-25-22-41(26(2)24-42)34(43)31-21-30(38-35(44)37-28-14-7-5-8-15-28)18-19-32(31)47-27(3)13-11-12-20-46-33(25)23-40(4)36(45)39-29-16-9-6-10-17-29/h18-19,21,25-29,33,42H,5-17,20,22-24H2,1-4H3,(H,39,45)(H2,37,38,44)/t25-,26+,27+,33+/m0/s1. The first-order chi connectivity index (χ1) is 22.6. The summed E-state index contributed by atoms with van der Waals surface area (Å²) >= 11 is 0. The number of hydrogen-bond donors (Lipinski definition) is 4. The second-order valence-corrected chi connectivity index (χ2v) is 14.1. The van der Waals surface area contributed by atoms with Crippen molar-refractivity contribution < 1.29 is 29.0 Å². The molecule has 4 rings (SSSR count). The lowest BCUT2D eigenvalue weighted by atomic mass is 9.96. The van der Waals surface area contributed by atoms with Crippen LogP contribution in [0.1, 0.15) is 115 Å². The molecule has 0 radical (unpaired) electrons. The van der Waals surface area contributed by atoms with E-state index in [1.807, 2.05) is 20.8 Å². The highest BCUT2D eigenvalue weighted by Gasteiger charge is 2.31. The summed E-state index contributed by atoms with van der Waals surface area (Å²) in [5, 5.41) is 19.4. The van der Waals surface area contributed by atoms with Crippen LogP contribution in [0.15, 0.2) is 18.2 Å². The molecule has 1 heterocycles. The highest BCUT2D eigenvalue weighted by molar-refractivity contribution is 5.99. The number of rotatable bonds is 7. The van der Waals surface area contributed by atoms with Crippen molar-refractivity contribution in [1.82, 2.24) is 20.4 Å². The van der Waals surface area contributed by atoms with Crippen LogP contribution in [0.2, 0.25) is 0 Å². The Morgan fingerprint density at radius 1 is 0.957 bits per heavy atom. The number of fused-ring (bicyclic) bond motifs is 1. The number of amides is 5. The van der Waals surface area contributed by atoms with Crippen LogP contribution in [0.5, 0.6) is 5.75 Å². The summed E-state index contributed by atoms with van der Waals surface area (Å²) in [6, 6.07) is 4.69. The number of nitrogens with zero attached hydrogens (tertiary/aromatic N) is 2. The molecule has 0 unspecified atom stereocenters. The third kappa shape index (κ3) is 11.3. The average molecular weight is 658 g/mol. The van der Waals surface area contributed by atoms with E-state index in [1.165, 1.54) is 12.8 Å². The van der Waals surface area contributed by atoms with Crippen LogP contribution in [0.3, 0.4) is 0 Å². The first kappa shape index (κ1) is 36.8. The third-order valence-corrected chi connectivity index (χ3v) is 9.98. The molecule has 3 aliphatic rings. The number of nitrogens with one attached hydrogen (secondary N) is 3. The van der Waals surface area contributed by atoms with Gasteiger partial charge in [-0.15, -0.1) is 0 Å². The fraction of sp³-hybridized carbons (Fsp3) is 0.750. The van der Waals surface area contributed by atoms with Gasteiger partial charge in [-0.3, -0.25) is 4.79 Å². The summed E-state index contributed by atoms with van der Waals surface area (Å²) < 4.78 is 12.7. The predicted molar refractivity (Wildman–Crippen MR) is 184 cm³/mol. The topological polar surface area (TPSA) is 132 Å². The maximum absolute atomic E-state index is 14.4. The van der Waals surface area contributed by atoms with Crippen molar-refractivity contribution in [2.75, 3.05) is 38.7 Å². The molecule has 2 fully saturated rings. The summed E-state index contributed by atoms with van der Waals surface area (Å²) in [7, 11) is 1.80. The Labute approximate surface area is 281 Å².